The van der Waals surface area contributed by atoms with Gasteiger partial charge in [0.1, 0.15) is 24.4 Å². The van der Waals surface area contributed by atoms with E-state index in [0.29, 0.717) is 58.5 Å². The molecule has 0 radical (unpaired) electrons. The summed E-state index contributed by atoms with van der Waals surface area (Å²) < 4.78 is 32.8. The first kappa shape index (κ1) is 99.4. The summed E-state index contributed by atoms with van der Waals surface area (Å²) >= 11 is 0. The van der Waals surface area contributed by atoms with Gasteiger partial charge in [0.25, 0.3) is 0 Å². The molecule has 0 amide bonds. The first-order valence-corrected chi connectivity index (χ1v) is 38.9. The van der Waals surface area contributed by atoms with Gasteiger partial charge >= 0.3 is 35.8 Å². The van der Waals surface area contributed by atoms with Crippen molar-refractivity contribution in [2.75, 3.05) is 13.2 Å². The van der Waals surface area contributed by atoms with Gasteiger partial charge in [-0.3, -0.25) is 14.4 Å². The van der Waals surface area contributed by atoms with Crippen molar-refractivity contribution in [1.82, 2.24) is 0 Å². The number of hydrogen-bond donors (Lipinski definition) is 0. The second-order valence-electron chi connectivity index (χ2n) is 31.4. The maximum absolute atomic E-state index is 12.3. The Morgan fingerprint density at radius 1 is 0.423 bits per heavy atom. The van der Waals surface area contributed by atoms with Crippen molar-refractivity contribution in [2.45, 2.75) is 392 Å². The van der Waals surface area contributed by atoms with E-state index in [1.165, 1.54) is 96.3 Å². The fraction of sp³-hybridized carbons (Fsp3) is 0.847. The van der Waals surface area contributed by atoms with Crippen molar-refractivity contribution >= 4 is 35.8 Å². The van der Waals surface area contributed by atoms with E-state index in [9.17, 15) is 28.8 Å². The lowest BCUT2D eigenvalue weighted by atomic mass is 9.70. The molecule has 572 valence electrons. The van der Waals surface area contributed by atoms with Gasteiger partial charge in [-0.25, -0.2) is 14.4 Å². The molecule has 6 aliphatic carbocycles. The minimum Gasteiger partial charge on any atom is -0.465 e. The molecule has 97 heavy (non-hydrogen) atoms. The molecule has 0 heterocycles. The normalized spacial score (nSPS) is 22.9. The fourth-order valence-corrected chi connectivity index (χ4v) is 13.0. The zero-order valence-corrected chi connectivity index (χ0v) is 69.1. The van der Waals surface area contributed by atoms with Gasteiger partial charge in [-0.05, 0) is 219 Å². The lowest BCUT2D eigenvalue weighted by Crippen LogP contribution is -2.40. The lowest BCUT2D eigenvalue weighted by molar-refractivity contribution is -0.167. The standard InChI is InChI=1S/C16H28O2.C14H22O2.C14H28O2.2C12H22O2.C10H16O2.3C2H6.CH3/c1-7-14(2,3)13(17)18-12-10-11-8-9-16(12,6)15(11,4)5;1-9(2)12(15)16-11-8-10-6-7-14(11,5)13(10,3)4;1-6-9-10-12(7-2)11-16-13(15)14(4,5)8-3;1-4-12(2,3)11(13)14-10-8-6-5-7-9-10;1-5-7-8-11(6-2)9-14-12(13)10(3)4;1-8(2)10(11)12-9-6-4-3-5-7-9;3*1-2;/h11-12H,7-10H2,1-6H3;10-11H,1,6-8H2,2-5H3;12H,6-11H2,1-5H3;10H,4-9H2,1-3H3;11H,3,5-9H2,1-2,4H3;9H,1,3-7H2,2H3;3*1-2H3;1H3/q;;;;;;;;;-1. The molecule has 0 spiro atoms. The highest BCUT2D eigenvalue weighted by Crippen LogP contribution is 2.67. The predicted octanol–water partition coefficient (Wildman–Crippen LogP) is 24.3. The molecule has 0 aliphatic heterocycles. The Bertz CT molecular complexity index is 2240. The van der Waals surface area contributed by atoms with Gasteiger partial charge in [0.2, 0.25) is 0 Å². The van der Waals surface area contributed by atoms with E-state index in [0.717, 1.165) is 83.0 Å². The molecule has 6 rings (SSSR count). The molecule has 0 N–H and O–H groups in total. The zero-order valence-electron chi connectivity index (χ0n) is 69.1. The number of hydrogen-bond acceptors (Lipinski definition) is 12. The molecule has 8 atom stereocenters. The molecule has 8 unspecified atom stereocenters. The number of fused-ring (bicyclic) bond motifs is 4. The number of rotatable bonds is 25. The second kappa shape index (κ2) is 49.6. The maximum Gasteiger partial charge on any atom is 0.333 e. The molecule has 6 aliphatic rings. The van der Waals surface area contributed by atoms with E-state index in [2.05, 4.69) is 89.0 Å². The highest BCUT2D eigenvalue weighted by Gasteiger charge is 2.64. The summed E-state index contributed by atoms with van der Waals surface area (Å²) in [7, 11) is 0. The summed E-state index contributed by atoms with van der Waals surface area (Å²) in [6, 6.07) is 0. The Hall–Kier alpha value is -3.96. The van der Waals surface area contributed by atoms with Gasteiger partial charge in [0.05, 0.1) is 29.5 Å². The van der Waals surface area contributed by atoms with E-state index < -0.39 is 0 Å². The van der Waals surface area contributed by atoms with Crippen molar-refractivity contribution in [1.29, 1.82) is 0 Å². The second-order valence-corrected chi connectivity index (χ2v) is 31.4. The van der Waals surface area contributed by atoms with E-state index >= 15 is 0 Å². The quantitative estimate of drug-likeness (QED) is 0.0369. The molecule has 0 aromatic heterocycles. The molecule has 12 heteroatoms. The van der Waals surface area contributed by atoms with Gasteiger partial charge in [0.15, 0.2) is 0 Å². The largest absolute Gasteiger partial charge is 0.465 e. The van der Waals surface area contributed by atoms with Crippen LogP contribution in [-0.2, 0) is 57.2 Å². The van der Waals surface area contributed by atoms with Gasteiger partial charge < -0.3 is 35.8 Å². The number of esters is 6. The highest BCUT2D eigenvalue weighted by molar-refractivity contribution is 5.88. The molecular formula is C85H159O12-. The highest BCUT2D eigenvalue weighted by atomic mass is 16.6. The summed E-state index contributed by atoms with van der Waals surface area (Å²) in [4.78, 5) is 69.6. The van der Waals surface area contributed by atoms with Crippen molar-refractivity contribution in [2.24, 2.45) is 61.6 Å². The summed E-state index contributed by atoms with van der Waals surface area (Å²) in [5.41, 5.74) is 1.45. The van der Waals surface area contributed by atoms with Crippen molar-refractivity contribution in [3.8, 4) is 0 Å². The number of carbonyl (C=O) groups is 6. The van der Waals surface area contributed by atoms with Crippen LogP contribution in [0.5, 0.6) is 0 Å². The van der Waals surface area contributed by atoms with Crippen LogP contribution in [0.3, 0.4) is 0 Å². The smallest absolute Gasteiger partial charge is 0.333 e. The molecule has 0 aromatic carbocycles. The Balaban J connectivity index is -0.000000527. The minimum absolute atomic E-state index is 0. The molecule has 6 fully saturated rings. The van der Waals surface area contributed by atoms with Crippen molar-refractivity contribution in [3.63, 3.8) is 0 Å². The minimum atomic E-state index is -0.345. The van der Waals surface area contributed by atoms with Crippen LogP contribution >= 0.6 is 0 Å². The lowest BCUT2D eigenvalue weighted by Gasteiger charge is -2.39. The Morgan fingerprint density at radius 3 is 1.03 bits per heavy atom. The van der Waals surface area contributed by atoms with E-state index in [-0.39, 0.29) is 94.7 Å². The van der Waals surface area contributed by atoms with Crippen LogP contribution in [0.25, 0.3) is 0 Å². The summed E-state index contributed by atoms with van der Waals surface area (Å²) in [5, 5.41) is 0. The van der Waals surface area contributed by atoms with Crippen LogP contribution < -0.4 is 0 Å². The third kappa shape index (κ3) is 32.7. The fourth-order valence-electron chi connectivity index (χ4n) is 13.0. The Morgan fingerprint density at radius 2 is 0.732 bits per heavy atom. The van der Waals surface area contributed by atoms with Gasteiger partial charge in [0, 0.05) is 27.5 Å². The Kier molecular flexibility index (Phi) is 50.8. The summed E-state index contributed by atoms with van der Waals surface area (Å²) in [5.74, 6) is 1.67. The first-order chi connectivity index (χ1) is 44.8. The van der Waals surface area contributed by atoms with Crippen LogP contribution in [0.15, 0.2) is 36.5 Å². The van der Waals surface area contributed by atoms with Crippen molar-refractivity contribution < 1.29 is 57.2 Å². The number of unbranched alkanes of at least 4 members (excludes halogenated alkanes) is 2. The third-order valence-corrected chi connectivity index (χ3v) is 22.9. The molecule has 12 nitrogen and oxygen atoms in total. The topological polar surface area (TPSA) is 158 Å². The van der Waals surface area contributed by atoms with E-state index in [4.69, 9.17) is 28.4 Å². The SMILES string of the molecule is C=C(C)C(=O)OC1CC2CCC1(C)C2(C)C.C=C(C)C(=O)OC1CCCCC1.C=C(C)C(=O)OCC(CC)CCCC.CC.CC.CC.CCC(C)(C)C(=O)OC1CC2CCC1(C)C2(C)C.CCC(C)(C)C(=O)OC1CCCCC1.CCCCC(CC)COC(=O)C(C)(C)CC.[CH3-]. The van der Waals surface area contributed by atoms with E-state index in [1.54, 1.807) is 20.8 Å². The predicted molar refractivity (Wildman–Crippen MR) is 410 cm³/mol. The molecule has 6 saturated carbocycles. The molecule has 4 bridgehead atoms. The van der Waals surface area contributed by atoms with Crippen LogP contribution in [0.4, 0.5) is 0 Å². The van der Waals surface area contributed by atoms with Gasteiger partial charge in [-0.15, -0.1) is 0 Å². The molecular weight excluding hydrogens is 1210 g/mol. The van der Waals surface area contributed by atoms with Crippen molar-refractivity contribution in [3.05, 3.63) is 43.9 Å². The monoisotopic (exact) mass is 1370 g/mol. The van der Waals surface area contributed by atoms with Crippen LogP contribution in [0.1, 0.15) is 367 Å². The van der Waals surface area contributed by atoms with Crippen LogP contribution in [0.2, 0.25) is 0 Å². The van der Waals surface area contributed by atoms with Crippen LogP contribution in [0, 0.1) is 69.0 Å². The Labute approximate surface area is 600 Å². The maximum atomic E-state index is 12.3. The third-order valence-electron chi connectivity index (χ3n) is 22.9. The van der Waals surface area contributed by atoms with Crippen LogP contribution in [-0.4, -0.2) is 73.4 Å². The first-order valence-electron chi connectivity index (χ1n) is 38.9. The summed E-state index contributed by atoms with van der Waals surface area (Å²) in [6.45, 7) is 69.4. The number of ether oxygens (including phenoxy) is 6. The molecule has 0 saturated heterocycles. The van der Waals surface area contributed by atoms with Gasteiger partial charge in [-0.1, -0.05) is 203 Å². The zero-order chi connectivity index (χ0) is 75.1. The summed E-state index contributed by atoms with van der Waals surface area (Å²) in [6.07, 6.45) is 31.0. The number of carbonyl (C=O) groups excluding carboxylic acids is 6. The average molecular weight is 1370 g/mol. The molecule has 0 aromatic rings. The average Bonchev–Trinajstić information content (AvgIpc) is 1.57. The van der Waals surface area contributed by atoms with E-state index in [1.807, 2.05) is 104 Å². The van der Waals surface area contributed by atoms with Gasteiger partial charge in [-0.2, -0.15) is 0 Å².